The molecule has 0 heterocycles. The summed E-state index contributed by atoms with van der Waals surface area (Å²) in [5, 5.41) is 7.51. The molecule has 2 rings (SSSR count). The van der Waals surface area contributed by atoms with Crippen LogP contribution in [0.2, 0.25) is 0 Å². The van der Waals surface area contributed by atoms with E-state index in [1.807, 2.05) is 19.1 Å². The summed E-state index contributed by atoms with van der Waals surface area (Å²) in [7, 11) is -3.89. The first-order chi connectivity index (χ1) is 12.6. The molecule has 0 aliphatic carbocycles. The monoisotopic (exact) mass is 392 g/mol. The fraction of sp³-hybridized carbons (Fsp3) is 0.222. The van der Waals surface area contributed by atoms with E-state index in [0.29, 0.717) is 5.75 Å². The van der Waals surface area contributed by atoms with Crippen LogP contribution in [0.4, 0.5) is 5.69 Å². The van der Waals surface area contributed by atoms with Crippen molar-refractivity contribution in [2.75, 3.05) is 11.9 Å². The number of aryl methyl sites for hydroxylation is 1. The van der Waals surface area contributed by atoms with Crippen LogP contribution in [0.5, 0.6) is 5.75 Å². The predicted molar refractivity (Wildman–Crippen MR) is 98.7 cm³/mol. The van der Waals surface area contributed by atoms with Crippen molar-refractivity contribution in [1.29, 1.82) is 0 Å². The first-order valence-corrected chi connectivity index (χ1v) is 9.52. The molecule has 0 fully saturated rings. The summed E-state index contributed by atoms with van der Waals surface area (Å²) in [6.45, 7) is 2.97. The minimum Gasteiger partial charge on any atom is -0.482 e. The van der Waals surface area contributed by atoms with Gasteiger partial charge in [-0.15, -0.1) is 0 Å². The van der Waals surface area contributed by atoms with Crippen molar-refractivity contribution in [1.82, 2.24) is 0 Å². The molecule has 0 aromatic heterocycles. The maximum Gasteiger partial charge on any atom is 0.344 e. The van der Waals surface area contributed by atoms with Gasteiger partial charge in [-0.3, -0.25) is 4.79 Å². The molecule has 0 aliphatic rings. The van der Waals surface area contributed by atoms with Gasteiger partial charge in [-0.2, -0.15) is 0 Å². The molecule has 3 N–H and O–H groups in total. The van der Waals surface area contributed by atoms with E-state index in [2.05, 4.69) is 5.32 Å². The van der Waals surface area contributed by atoms with E-state index in [0.717, 1.165) is 5.56 Å². The minimum atomic E-state index is -3.89. The third-order valence-corrected chi connectivity index (χ3v) is 4.40. The molecule has 1 atom stereocenters. The number of nitrogens with one attached hydrogen (secondary N) is 1. The highest BCUT2D eigenvalue weighted by Gasteiger charge is 2.19. The summed E-state index contributed by atoms with van der Waals surface area (Å²) in [5.41, 5.74) is 1.27. The Morgan fingerprint density at radius 3 is 2.44 bits per heavy atom. The fourth-order valence-corrected chi connectivity index (χ4v) is 2.62. The van der Waals surface area contributed by atoms with Gasteiger partial charge in [-0.25, -0.2) is 18.4 Å². The Kier molecular flexibility index (Phi) is 6.54. The lowest BCUT2D eigenvalue weighted by Gasteiger charge is -2.14. The van der Waals surface area contributed by atoms with Crippen LogP contribution >= 0.6 is 0 Å². The number of carbonyl (C=O) groups excluding carboxylic acids is 2. The summed E-state index contributed by atoms with van der Waals surface area (Å²) in [6.07, 6.45) is -1.10. The average molecular weight is 392 g/mol. The summed E-state index contributed by atoms with van der Waals surface area (Å²) in [4.78, 5) is 23.8. The number of nitrogens with two attached hydrogens (primary N) is 1. The van der Waals surface area contributed by atoms with Gasteiger partial charge in [0.25, 0.3) is 5.91 Å². The molecule has 27 heavy (non-hydrogen) atoms. The molecule has 0 saturated heterocycles. The van der Waals surface area contributed by atoms with E-state index in [-0.39, 0.29) is 17.2 Å². The number of amides is 1. The number of anilines is 1. The minimum absolute atomic E-state index is 0.142. The lowest BCUT2D eigenvalue weighted by molar-refractivity contribution is -0.155. The number of hydrogen-bond donors (Lipinski definition) is 2. The maximum atomic E-state index is 12.1. The quantitative estimate of drug-likeness (QED) is 0.690. The second-order valence-corrected chi connectivity index (χ2v) is 7.36. The molecule has 2 aromatic rings. The van der Waals surface area contributed by atoms with E-state index in [1.54, 1.807) is 12.1 Å². The molecule has 0 saturated carbocycles. The smallest absolute Gasteiger partial charge is 0.344 e. The number of esters is 1. The third kappa shape index (κ3) is 6.39. The van der Waals surface area contributed by atoms with Crippen molar-refractivity contribution in [2.45, 2.75) is 24.8 Å². The SMILES string of the molecule is Cc1ccc(OCC(=O)O[C@H](C)C(=O)Nc2cccc(S(N)(=O)=O)c2)cc1. The molecule has 0 spiro atoms. The number of primary sulfonamides is 1. The van der Waals surface area contributed by atoms with Gasteiger partial charge in [-0.05, 0) is 44.2 Å². The van der Waals surface area contributed by atoms with Crippen molar-refractivity contribution >= 4 is 27.6 Å². The Hall–Kier alpha value is -2.91. The highest BCUT2D eigenvalue weighted by Crippen LogP contribution is 2.15. The summed E-state index contributed by atoms with van der Waals surface area (Å²) < 4.78 is 33.0. The Labute approximate surface area is 157 Å². The second-order valence-electron chi connectivity index (χ2n) is 5.80. The molecule has 8 nitrogen and oxygen atoms in total. The molecular formula is C18H20N2O6S. The number of sulfonamides is 1. The van der Waals surface area contributed by atoms with Gasteiger partial charge < -0.3 is 14.8 Å². The van der Waals surface area contributed by atoms with Gasteiger partial charge in [0.2, 0.25) is 10.0 Å². The molecule has 2 aromatic carbocycles. The Bertz CT molecular complexity index is 925. The molecule has 144 valence electrons. The van der Waals surface area contributed by atoms with Crippen molar-refractivity contribution in [3.8, 4) is 5.75 Å². The third-order valence-electron chi connectivity index (χ3n) is 3.49. The van der Waals surface area contributed by atoms with Crippen LogP contribution in [-0.4, -0.2) is 33.0 Å². The van der Waals surface area contributed by atoms with Crippen molar-refractivity contribution in [3.63, 3.8) is 0 Å². The normalized spacial score (nSPS) is 12.1. The van der Waals surface area contributed by atoms with E-state index < -0.39 is 28.0 Å². The van der Waals surface area contributed by atoms with Crippen molar-refractivity contribution in [2.24, 2.45) is 5.14 Å². The lowest BCUT2D eigenvalue weighted by atomic mass is 10.2. The standard InChI is InChI=1S/C18H20N2O6S/c1-12-6-8-15(9-7-12)25-11-17(21)26-13(2)18(22)20-14-4-3-5-16(10-14)27(19,23)24/h3-10,13H,11H2,1-2H3,(H,20,22)(H2,19,23,24)/t13-/m1/s1. The van der Waals surface area contributed by atoms with Crippen LogP contribution in [0.3, 0.4) is 0 Å². The summed E-state index contributed by atoms with van der Waals surface area (Å²) in [6, 6.07) is 12.6. The van der Waals surface area contributed by atoms with Crippen molar-refractivity contribution < 1.29 is 27.5 Å². The van der Waals surface area contributed by atoms with E-state index in [4.69, 9.17) is 14.6 Å². The number of benzene rings is 2. The summed E-state index contributed by atoms with van der Waals surface area (Å²) >= 11 is 0. The zero-order chi connectivity index (χ0) is 20.0. The Morgan fingerprint density at radius 2 is 1.81 bits per heavy atom. The maximum absolute atomic E-state index is 12.1. The van der Waals surface area contributed by atoms with Gasteiger partial charge in [0.1, 0.15) is 5.75 Å². The van der Waals surface area contributed by atoms with Gasteiger partial charge >= 0.3 is 5.97 Å². The van der Waals surface area contributed by atoms with Gasteiger partial charge in [0.05, 0.1) is 4.90 Å². The van der Waals surface area contributed by atoms with Crippen molar-refractivity contribution in [3.05, 3.63) is 54.1 Å². The van der Waals surface area contributed by atoms with Gasteiger partial charge in [0.15, 0.2) is 12.7 Å². The van der Waals surface area contributed by atoms with Crippen LogP contribution in [0.15, 0.2) is 53.4 Å². The highest BCUT2D eigenvalue weighted by atomic mass is 32.2. The first kappa shape index (κ1) is 20.4. The number of carbonyl (C=O) groups is 2. The predicted octanol–water partition coefficient (Wildman–Crippen LogP) is 1.59. The summed E-state index contributed by atoms with van der Waals surface area (Å²) in [5.74, 6) is -0.823. The molecule has 0 unspecified atom stereocenters. The van der Waals surface area contributed by atoms with Crippen LogP contribution in [0.1, 0.15) is 12.5 Å². The van der Waals surface area contributed by atoms with Gasteiger partial charge in [-0.1, -0.05) is 23.8 Å². The van der Waals surface area contributed by atoms with Crippen LogP contribution in [0, 0.1) is 6.92 Å². The molecule has 0 bridgehead atoms. The number of ether oxygens (including phenoxy) is 2. The topological polar surface area (TPSA) is 125 Å². The van der Waals surface area contributed by atoms with E-state index in [1.165, 1.54) is 31.2 Å². The molecule has 0 radical (unpaired) electrons. The van der Waals surface area contributed by atoms with Crippen LogP contribution < -0.4 is 15.2 Å². The largest absolute Gasteiger partial charge is 0.482 e. The van der Waals surface area contributed by atoms with Crippen LogP contribution in [0.25, 0.3) is 0 Å². The highest BCUT2D eigenvalue weighted by molar-refractivity contribution is 7.89. The van der Waals surface area contributed by atoms with E-state index >= 15 is 0 Å². The Morgan fingerprint density at radius 1 is 1.15 bits per heavy atom. The molecular weight excluding hydrogens is 372 g/mol. The zero-order valence-corrected chi connectivity index (χ0v) is 15.7. The molecule has 1 amide bonds. The zero-order valence-electron chi connectivity index (χ0n) is 14.8. The Balaban J connectivity index is 1.87. The van der Waals surface area contributed by atoms with Crippen LogP contribution in [-0.2, 0) is 24.3 Å². The lowest BCUT2D eigenvalue weighted by Crippen LogP contribution is -2.31. The van der Waals surface area contributed by atoms with Gasteiger partial charge in [0, 0.05) is 5.69 Å². The molecule has 0 aliphatic heterocycles. The number of rotatable bonds is 7. The molecule has 9 heteroatoms. The second kappa shape index (κ2) is 8.65. The average Bonchev–Trinajstić information content (AvgIpc) is 2.60. The first-order valence-electron chi connectivity index (χ1n) is 7.98. The number of hydrogen-bond acceptors (Lipinski definition) is 6. The fourth-order valence-electron chi connectivity index (χ4n) is 2.06. The van der Waals surface area contributed by atoms with E-state index in [9.17, 15) is 18.0 Å².